The molecule has 1 aliphatic heterocycles. The third-order valence-electron chi connectivity index (χ3n) is 4.31. The van der Waals surface area contributed by atoms with Crippen molar-refractivity contribution >= 4 is 5.71 Å². The van der Waals surface area contributed by atoms with Gasteiger partial charge in [-0.15, -0.1) is 0 Å². The van der Waals surface area contributed by atoms with Crippen molar-refractivity contribution in [3.8, 4) is 5.75 Å². The average molecular weight is 290 g/mol. The third-order valence-corrected chi connectivity index (χ3v) is 4.31. The van der Waals surface area contributed by atoms with Gasteiger partial charge in [0.1, 0.15) is 5.75 Å². The van der Waals surface area contributed by atoms with Gasteiger partial charge in [-0.25, -0.2) is 0 Å². The fourth-order valence-corrected chi connectivity index (χ4v) is 3.13. The molecule has 4 nitrogen and oxygen atoms in total. The molecule has 1 saturated heterocycles. The SMILES string of the molecule is CCN1CCCC1CN=C(C)c1c(CO)cccc1OC. The summed E-state index contributed by atoms with van der Waals surface area (Å²) in [7, 11) is 1.66. The Morgan fingerprint density at radius 1 is 1.48 bits per heavy atom. The van der Waals surface area contributed by atoms with Crippen molar-refractivity contribution in [2.45, 2.75) is 39.3 Å². The molecule has 1 aliphatic rings. The zero-order valence-corrected chi connectivity index (χ0v) is 13.3. The van der Waals surface area contributed by atoms with Gasteiger partial charge in [0, 0.05) is 17.3 Å². The number of aliphatic imine (C=N–C) groups is 1. The maximum atomic E-state index is 9.53. The van der Waals surface area contributed by atoms with E-state index in [9.17, 15) is 5.11 Å². The summed E-state index contributed by atoms with van der Waals surface area (Å²) in [5, 5.41) is 9.53. The number of hydrogen-bond acceptors (Lipinski definition) is 4. The van der Waals surface area contributed by atoms with E-state index >= 15 is 0 Å². The molecule has 1 N–H and O–H groups in total. The Kier molecular flexibility index (Phi) is 5.76. The zero-order valence-electron chi connectivity index (χ0n) is 13.3. The Balaban J connectivity index is 2.19. The van der Waals surface area contributed by atoms with Crippen LogP contribution in [-0.4, -0.2) is 48.5 Å². The van der Waals surface area contributed by atoms with E-state index < -0.39 is 0 Å². The minimum Gasteiger partial charge on any atom is -0.496 e. The third kappa shape index (κ3) is 3.63. The lowest BCUT2D eigenvalue weighted by molar-refractivity contribution is 0.273. The molecule has 116 valence electrons. The highest BCUT2D eigenvalue weighted by Crippen LogP contribution is 2.24. The quantitative estimate of drug-likeness (QED) is 0.819. The molecule has 0 bridgehead atoms. The summed E-state index contributed by atoms with van der Waals surface area (Å²) in [5.74, 6) is 0.779. The molecule has 1 fully saturated rings. The van der Waals surface area contributed by atoms with Crippen LogP contribution in [0.3, 0.4) is 0 Å². The molecule has 1 aromatic carbocycles. The Morgan fingerprint density at radius 3 is 2.95 bits per heavy atom. The zero-order chi connectivity index (χ0) is 15.2. The van der Waals surface area contributed by atoms with E-state index in [4.69, 9.17) is 9.73 Å². The van der Waals surface area contributed by atoms with Crippen LogP contribution in [0.2, 0.25) is 0 Å². The fraction of sp³-hybridized carbons (Fsp3) is 0.588. The van der Waals surface area contributed by atoms with E-state index in [-0.39, 0.29) is 6.61 Å². The summed E-state index contributed by atoms with van der Waals surface area (Å²) < 4.78 is 5.42. The van der Waals surface area contributed by atoms with Crippen LogP contribution >= 0.6 is 0 Å². The Labute approximate surface area is 127 Å². The molecule has 0 aromatic heterocycles. The van der Waals surface area contributed by atoms with Gasteiger partial charge in [-0.1, -0.05) is 19.1 Å². The van der Waals surface area contributed by atoms with Crippen LogP contribution in [0.1, 0.15) is 37.8 Å². The molecule has 0 radical (unpaired) electrons. The second-order valence-corrected chi connectivity index (χ2v) is 5.50. The number of benzene rings is 1. The van der Waals surface area contributed by atoms with Crippen LogP contribution < -0.4 is 4.74 Å². The van der Waals surface area contributed by atoms with Crippen molar-refractivity contribution in [3.63, 3.8) is 0 Å². The maximum absolute atomic E-state index is 9.53. The van der Waals surface area contributed by atoms with Gasteiger partial charge >= 0.3 is 0 Å². The smallest absolute Gasteiger partial charge is 0.128 e. The fourth-order valence-electron chi connectivity index (χ4n) is 3.13. The molecule has 1 atom stereocenters. The number of likely N-dealkylation sites (N-methyl/N-ethyl adjacent to an activating group) is 1. The first-order valence-electron chi connectivity index (χ1n) is 7.73. The minimum absolute atomic E-state index is 0.00388. The first kappa shape index (κ1) is 16.0. The lowest BCUT2D eigenvalue weighted by Gasteiger charge is -2.21. The highest BCUT2D eigenvalue weighted by Gasteiger charge is 2.22. The lowest BCUT2D eigenvalue weighted by Crippen LogP contribution is -2.31. The molecular formula is C17H26N2O2. The molecule has 2 rings (SSSR count). The Bertz CT molecular complexity index is 477. The van der Waals surface area contributed by atoms with Gasteiger partial charge in [0.05, 0.1) is 20.3 Å². The monoisotopic (exact) mass is 290 g/mol. The van der Waals surface area contributed by atoms with Crippen LogP contribution in [0.4, 0.5) is 0 Å². The average Bonchev–Trinajstić information content (AvgIpc) is 2.99. The summed E-state index contributed by atoms with van der Waals surface area (Å²) in [5.41, 5.74) is 2.75. The molecule has 0 amide bonds. The standard InChI is InChI=1S/C17H26N2O2/c1-4-19-10-6-8-15(19)11-18-13(2)17-14(12-20)7-5-9-16(17)21-3/h5,7,9,15,20H,4,6,8,10-12H2,1-3H3. The van der Waals surface area contributed by atoms with Crippen LogP contribution in [-0.2, 0) is 6.61 Å². The van der Waals surface area contributed by atoms with Gasteiger partial charge in [-0.05, 0) is 44.5 Å². The van der Waals surface area contributed by atoms with Crippen LogP contribution in [0.5, 0.6) is 5.75 Å². The number of aliphatic hydroxyl groups excluding tert-OH is 1. The predicted octanol–water partition coefficient (Wildman–Crippen LogP) is 2.48. The van der Waals surface area contributed by atoms with Crippen LogP contribution in [0, 0.1) is 0 Å². The first-order valence-corrected chi connectivity index (χ1v) is 7.73. The molecule has 1 heterocycles. The highest BCUT2D eigenvalue weighted by molar-refractivity contribution is 6.02. The van der Waals surface area contributed by atoms with Crippen molar-refractivity contribution in [2.75, 3.05) is 26.7 Å². The van der Waals surface area contributed by atoms with Gasteiger partial charge in [0.15, 0.2) is 0 Å². The second-order valence-electron chi connectivity index (χ2n) is 5.50. The number of ether oxygens (including phenoxy) is 1. The number of rotatable bonds is 6. The Hall–Kier alpha value is -1.39. The lowest BCUT2D eigenvalue weighted by atomic mass is 10.0. The van der Waals surface area contributed by atoms with Gasteiger partial charge in [0.25, 0.3) is 0 Å². The van der Waals surface area contributed by atoms with Crippen molar-refractivity contribution in [1.29, 1.82) is 0 Å². The van der Waals surface area contributed by atoms with Gasteiger partial charge in [-0.3, -0.25) is 9.89 Å². The van der Waals surface area contributed by atoms with Crippen molar-refractivity contribution in [3.05, 3.63) is 29.3 Å². The molecule has 0 saturated carbocycles. The summed E-state index contributed by atoms with van der Waals surface area (Å²) in [6.45, 7) is 7.32. The van der Waals surface area contributed by atoms with E-state index in [1.54, 1.807) is 7.11 Å². The molecule has 21 heavy (non-hydrogen) atoms. The summed E-state index contributed by atoms with van der Waals surface area (Å²) >= 11 is 0. The van der Waals surface area contributed by atoms with Crippen molar-refractivity contribution in [1.82, 2.24) is 4.90 Å². The molecular weight excluding hydrogens is 264 g/mol. The number of nitrogens with zero attached hydrogens (tertiary/aromatic N) is 2. The van der Waals surface area contributed by atoms with Crippen molar-refractivity contribution < 1.29 is 9.84 Å². The maximum Gasteiger partial charge on any atom is 0.128 e. The molecule has 1 aromatic rings. The van der Waals surface area contributed by atoms with E-state index in [2.05, 4.69) is 11.8 Å². The first-order chi connectivity index (χ1) is 10.2. The van der Waals surface area contributed by atoms with Gasteiger partial charge in [0.2, 0.25) is 0 Å². The van der Waals surface area contributed by atoms with Gasteiger partial charge in [-0.2, -0.15) is 0 Å². The van der Waals surface area contributed by atoms with E-state index in [0.717, 1.165) is 35.7 Å². The Morgan fingerprint density at radius 2 is 2.29 bits per heavy atom. The number of likely N-dealkylation sites (tertiary alicyclic amines) is 1. The second kappa shape index (κ2) is 7.57. The normalized spacial score (nSPS) is 20.0. The largest absolute Gasteiger partial charge is 0.496 e. The highest BCUT2D eigenvalue weighted by atomic mass is 16.5. The number of methoxy groups -OCH3 is 1. The summed E-state index contributed by atoms with van der Waals surface area (Å²) in [6, 6.07) is 6.29. The van der Waals surface area contributed by atoms with Crippen LogP contribution in [0.25, 0.3) is 0 Å². The topological polar surface area (TPSA) is 45.1 Å². The van der Waals surface area contributed by atoms with Crippen LogP contribution in [0.15, 0.2) is 23.2 Å². The number of hydrogen-bond donors (Lipinski definition) is 1. The molecule has 4 heteroatoms. The summed E-state index contributed by atoms with van der Waals surface area (Å²) in [6.07, 6.45) is 2.49. The van der Waals surface area contributed by atoms with E-state index in [1.807, 2.05) is 25.1 Å². The van der Waals surface area contributed by atoms with Crippen molar-refractivity contribution in [2.24, 2.45) is 4.99 Å². The van der Waals surface area contributed by atoms with E-state index in [1.165, 1.54) is 19.4 Å². The number of aliphatic hydroxyl groups is 1. The summed E-state index contributed by atoms with van der Waals surface area (Å²) in [4.78, 5) is 7.27. The van der Waals surface area contributed by atoms with E-state index in [0.29, 0.717) is 6.04 Å². The van der Waals surface area contributed by atoms with Gasteiger partial charge < -0.3 is 9.84 Å². The predicted molar refractivity (Wildman–Crippen MR) is 86.3 cm³/mol. The minimum atomic E-state index is 0.00388. The molecule has 0 spiro atoms. The molecule has 0 aliphatic carbocycles. The molecule has 1 unspecified atom stereocenters.